The number of fused-ring (bicyclic) bond motifs is 2. The molecule has 7 rings (SSSR count). The van der Waals surface area contributed by atoms with Gasteiger partial charge in [0.1, 0.15) is 0 Å². The molecule has 1 aromatic heterocycles. The maximum absolute atomic E-state index is 8.98. The van der Waals surface area contributed by atoms with Crippen molar-refractivity contribution in [2.75, 3.05) is 0 Å². The van der Waals surface area contributed by atoms with Gasteiger partial charge in [0, 0.05) is 16.5 Å². The van der Waals surface area contributed by atoms with Crippen LogP contribution in [0.15, 0.2) is 139 Å². The van der Waals surface area contributed by atoms with Gasteiger partial charge in [-0.05, 0) is 45.2 Å². The Morgan fingerprint density at radius 3 is 1.82 bits per heavy atom. The quantitative estimate of drug-likeness (QED) is 0.219. The van der Waals surface area contributed by atoms with Crippen molar-refractivity contribution in [1.82, 2.24) is 9.97 Å². The van der Waals surface area contributed by atoms with Gasteiger partial charge in [-0.25, -0.2) is 14.8 Å². The molecule has 0 aliphatic heterocycles. The maximum atomic E-state index is 8.98. The third-order valence-corrected chi connectivity index (χ3v) is 6.99. The summed E-state index contributed by atoms with van der Waals surface area (Å²) in [5.41, 5.74) is 5.46. The second-order valence-corrected chi connectivity index (χ2v) is 9.39. The zero-order valence-corrected chi connectivity index (χ0v) is 21.3. The Morgan fingerprint density at radius 2 is 1.10 bits per heavy atom. The normalized spacial score (nSPS) is 12.4. The van der Waals surface area contributed by atoms with Crippen LogP contribution in [0.3, 0.4) is 0 Å². The third-order valence-electron chi connectivity index (χ3n) is 6.99. The van der Waals surface area contributed by atoms with Crippen LogP contribution in [0.4, 0.5) is 5.69 Å². The first-order valence-electron chi connectivity index (χ1n) is 14.9. The molecule has 0 aliphatic rings. The molecule has 3 heteroatoms. The highest BCUT2D eigenvalue weighted by Gasteiger charge is 2.15. The molecule has 40 heavy (non-hydrogen) atoms. The van der Waals surface area contributed by atoms with Gasteiger partial charge in [0.05, 0.1) is 23.3 Å². The van der Waals surface area contributed by atoms with E-state index in [0.717, 1.165) is 38.5 Å². The minimum Gasteiger partial charge on any atom is -0.238 e. The lowest BCUT2D eigenvalue weighted by Crippen LogP contribution is -1.96. The van der Waals surface area contributed by atoms with E-state index in [9.17, 15) is 0 Å². The first kappa shape index (κ1) is 19.5. The van der Waals surface area contributed by atoms with Crippen LogP contribution in [-0.4, -0.2) is 9.97 Å². The van der Waals surface area contributed by atoms with Crippen LogP contribution < -0.4 is 0 Å². The minimum atomic E-state index is -0.130. The Balaban J connectivity index is 1.44. The molecule has 0 unspecified atom stereocenters. The molecule has 0 saturated heterocycles. The predicted octanol–water partition coefficient (Wildman–Crippen LogP) is 10.0. The van der Waals surface area contributed by atoms with Crippen LogP contribution in [-0.2, 0) is 0 Å². The first-order valence-corrected chi connectivity index (χ1v) is 12.9. The average Bonchev–Trinajstić information content (AvgIpc) is 3.08. The van der Waals surface area contributed by atoms with Gasteiger partial charge < -0.3 is 0 Å². The predicted molar refractivity (Wildman–Crippen MR) is 165 cm³/mol. The standard InChI is InChI=1S/C37H23N3/c1-38-29-21-19-26(20-22-29)25-15-17-27(18-16-25)30-23-24-33(32-12-6-5-11-31(30)32)37-39-35-14-8-7-13-34(35)36(40-37)28-9-3-2-4-10-28/h2-24H/i15D,16D,17D,18D. The topological polar surface area (TPSA) is 30.1 Å². The number of hydrogen-bond donors (Lipinski definition) is 0. The lowest BCUT2D eigenvalue weighted by atomic mass is 9.93. The molecule has 0 saturated carbocycles. The van der Waals surface area contributed by atoms with E-state index >= 15 is 0 Å². The number of benzene rings is 6. The minimum absolute atomic E-state index is 0.124. The van der Waals surface area contributed by atoms with Gasteiger partial charge in [-0.1, -0.05) is 127 Å². The van der Waals surface area contributed by atoms with Crippen molar-refractivity contribution >= 4 is 27.4 Å². The van der Waals surface area contributed by atoms with Gasteiger partial charge in [-0.3, -0.25) is 0 Å². The van der Waals surface area contributed by atoms with E-state index in [1.54, 1.807) is 24.3 Å². The molecule has 0 radical (unpaired) electrons. The Morgan fingerprint density at radius 1 is 0.500 bits per heavy atom. The number of nitrogens with zero attached hydrogens (tertiary/aromatic N) is 3. The Hall–Kier alpha value is -5.59. The SMILES string of the molecule is [2H]c1c([2H])c(-c2ccc(-c3nc(-c4ccccc4)c4ccccc4n3)c3ccccc23)c([2H])c([2H])c1-c1ccc([N+]#[C-])cc1. The summed E-state index contributed by atoms with van der Waals surface area (Å²) in [7, 11) is 0. The highest BCUT2D eigenvalue weighted by Crippen LogP contribution is 2.37. The van der Waals surface area contributed by atoms with Crippen molar-refractivity contribution < 1.29 is 5.48 Å². The third kappa shape index (κ3) is 4.18. The number of hydrogen-bond acceptors (Lipinski definition) is 2. The molecule has 0 aliphatic carbocycles. The van der Waals surface area contributed by atoms with E-state index in [0.29, 0.717) is 22.6 Å². The number of rotatable bonds is 4. The Kier molecular flexibility index (Phi) is 4.84. The fraction of sp³-hybridized carbons (Fsp3) is 0. The highest BCUT2D eigenvalue weighted by molar-refractivity contribution is 6.05. The molecule has 1 heterocycles. The molecule has 0 fully saturated rings. The van der Waals surface area contributed by atoms with E-state index in [1.165, 1.54) is 0 Å². The molecule has 7 aromatic rings. The number of para-hydroxylation sites is 1. The van der Waals surface area contributed by atoms with E-state index in [2.05, 4.69) is 4.85 Å². The Bertz CT molecular complexity index is 2250. The van der Waals surface area contributed by atoms with Gasteiger partial charge in [0.15, 0.2) is 11.5 Å². The molecule has 3 nitrogen and oxygen atoms in total. The van der Waals surface area contributed by atoms with Crippen molar-refractivity contribution in [3.8, 4) is 44.9 Å². The second-order valence-electron chi connectivity index (χ2n) is 9.39. The molecule has 186 valence electrons. The summed E-state index contributed by atoms with van der Waals surface area (Å²) < 4.78 is 35.7. The van der Waals surface area contributed by atoms with Gasteiger partial charge in [-0.2, -0.15) is 0 Å². The summed E-state index contributed by atoms with van der Waals surface area (Å²) in [4.78, 5) is 13.4. The summed E-state index contributed by atoms with van der Waals surface area (Å²) in [6.45, 7) is 7.20. The van der Waals surface area contributed by atoms with Crippen LogP contribution in [0, 0.1) is 6.57 Å². The smallest absolute Gasteiger partial charge is 0.187 e. The molecular formula is C37H23N3. The molecular weight excluding hydrogens is 486 g/mol. The van der Waals surface area contributed by atoms with Crippen LogP contribution >= 0.6 is 0 Å². The van der Waals surface area contributed by atoms with Crippen molar-refractivity contribution in [2.24, 2.45) is 0 Å². The molecule has 0 bridgehead atoms. The number of aromatic nitrogens is 2. The molecule has 0 amide bonds. The summed E-state index contributed by atoms with van der Waals surface area (Å²) in [6.07, 6.45) is 0. The van der Waals surface area contributed by atoms with E-state index in [4.69, 9.17) is 22.0 Å². The lowest BCUT2D eigenvalue weighted by Gasteiger charge is -2.14. The van der Waals surface area contributed by atoms with E-state index in [1.807, 2.05) is 91.0 Å². The summed E-state index contributed by atoms with van der Waals surface area (Å²) in [6, 6.07) is 35.5. The molecule has 0 spiro atoms. The van der Waals surface area contributed by atoms with Crippen LogP contribution in [0.25, 0.3) is 71.4 Å². The maximum Gasteiger partial charge on any atom is 0.187 e. The van der Waals surface area contributed by atoms with Crippen molar-refractivity contribution in [2.45, 2.75) is 0 Å². The first-order chi connectivity index (χ1) is 21.5. The zero-order valence-electron chi connectivity index (χ0n) is 25.3. The monoisotopic (exact) mass is 513 g/mol. The van der Waals surface area contributed by atoms with Crippen LogP contribution in [0.2, 0.25) is 0 Å². The van der Waals surface area contributed by atoms with Crippen molar-refractivity contribution in [1.29, 1.82) is 0 Å². The second kappa shape index (κ2) is 9.94. The fourth-order valence-corrected chi connectivity index (χ4v) is 5.02. The summed E-state index contributed by atoms with van der Waals surface area (Å²) >= 11 is 0. The van der Waals surface area contributed by atoms with E-state index < -0.39 is 0 Å². The van der Waals surface area contributed by atoms with Gasteiger partial charge in [-0.15, -0.1) is 0 Å². The van der Waals surface area contributed by atoms with Gasteiger partial charge in [0.2, 0.25) is 0 Å². The average molecular weight is 514 g/mol. The van der Waals surface area contributed by atoms with E-state index in [-0.39, 0.29) is 35.3 Å². The highest BCUT2D eigenvalue weighted by atomic mass is 14.9. The largest absolute Gasteiger partial charge is 0.238 e. The van der Waals surface area contributed by atoms with Crippen LogP contribution in [0.1, 0.15) is 5.48 Å². The molecule has 6 aromatic carbocycles. The molecule has 0 atom stereocenters. The Labute approximate surface area is 238 Å². The molecule has 0 N–H and O–H groups in total. The van der Waals surface area contributed by atoms with Gasteiger partial charge >= 0.3 is 0 Å². The lowest BCUT2D eigenvalue weighted by molar-refractivity contribution is 1.23. The van der Waals surface area contributed by atoms with Crippen LogP contribution in [0.5, 0.6) is 0 Å². The summed E-state index contributed by atoms with van der Waals surface area (Å²) in [5, 5.41) is 2.57. The zero-order chi connectivity index (χ0) is 30.4. The summed E-state index contributed by atoms with van der Waals surface area (Å²) in [5.74, 6) is 0.558. The van der Waals surface area contributed by atoms with Gasteiger partial charge in [0.25, 0.3) is 0 Å². The van der Waals surface area contributed by atoms with Crippen molar-refractivity contribution in [3.63, 3.8) is 0 Å². The van der Waals surface area contributed by atoms with Crippen molar-refractivity contribution in [3.05, 3.63) is 151 Å². The fourth-order valence-electron chi connectivity index (χ4n) is 5.02.